The van der Waals surface area contributed by atoms with Crippen LogP contribution in [0.25, 0.3) is 0 Å². The van der Waals surface area contributed by atoms with Crippen LogP contribution in [-0.4, -0.2) is 39.8 Å². The van der Waals surface area contributed by atoms with Crippen LogP contribution >= 0.6 is 0 Å². The van der Waals surface area contributed by atoms with Crippen molar-refractivity contribution in [2.45, 2.75) is 26.8 Å². The number of aryl methyl sites for hydroxylation is 2. The molecule has 3 aromatic rings. The predicted molar refractivity (Wildman–Crippen MR) is 134 cm³/mol. The third kappa shape index (κ3) is 6.99. The number of hydrogen-bond acceptors (Lipinski definition) is 5. The van der Waals surface area contributed by atoms with Gasteiger partial charge in [0.1, 0.15) is 29.9 Å². The van der Waals surface area contributed by atoms with E-state index in [2.05, 4.69) is 11.4 Å². The van der Waals surface area contributed by atoms with E-state index in [0.717, 1.165) is 27.4 Å². The second-order valence-electron chi connectivity index (χ2n) is 8.11. The molecule has 1 atom stereocenters. The molecular formula is C26H30N2O5S. The zero-order valence-electron chi connectivity index (χ0n) is 19.8. The topological polar surface area (TPSA) is 84.9 Å². The van der Waals surface area contributed by atoms with Crippen molar-refractivity contribution in [2.24, 2.45) is 0 Å². The Kier molecular flexibility index (Phi) is 8.17. The van der Waals surface area contributed by atoms with E-state index in [1.807, 2.05) is 56.3 Å². The molecule has 0 aromatic heterocycles. The van der Waals surface area contributed by atoms with E-state index in [4.69, 9.17) is 9.47 Å². The number of nitrogens with one attached hydrogen (secondary N) is 1. The van der Waals surface area contributed by atoms with Crippen LogP contribution in [0.2, 0.25) is 0 Å². The van der Waals surface area contributed by atoms with Crippen molar-refractivity contribution in [1.82, 2.24) is 5.32 Å². The minimum Gasteiger partial charge on any atom is -0.492 e. The lowest BCUT2D eigenvalue weighted by atomic mass is 10.1. The first-order valence-electron chi connectivity index (χ1n) is 10.9. The molecule has 1 unspecified atom stereocenters. The molecule has 1 amide bonds. The predicted octanol–water partition coefficient (Wildman–Crippen LogP) is 4.45. The zero-order chi connectivity index (χ0) is 24.7. The number of rotatable bonds is 10. The maximum absolute atomic E-state index is 12.7. The second kappa shape index (κ2) is 11.1. The summed E-state index contributed by atoms with van der Waals surface area (Å²) in [5, 5.41) is 2.75. The summed E-state index contributed by atoms with van der Waals surface area (Å²) in [5.74, 6) is 1.55. The Morgan fingerprint density at radius 2 is 1.50 bits per heavy atom. The van der Waals surface area contributed by atoms with Crippen LogP contribution < -0.4 is 19.1 Å². The van der Waals surface area contributed by atoms with Gasteiger partial charge in [0.05, 0.1) is 18.5 Å². The number of amides is 1. The fraction of sp³-hybridized carbons (Fsp3) is 0.269. The van der Waals surface area contributed by atoms with E-state index < -0.39 is 22.0 Å². The Hall–Kier alpha value is -3.52. The van der Waals surface area contributed by atoms with Crippen LogP contribution in [0.3, 0.4) is 0 Å². The number of hydrogen-bond donors (Lipinski definition) is 1. The largest absolute Gasteiger partial charge is 0.492 e. The molecule has 1 N–H and O–H groups in total. The average molecular weight is 483 g/mol. The van der Waals surface area contributed by atoms with Gasteiger partial charge in [0.25, 0.3) is 0 Å². The molecule has 3 rings (SSSR count). The number of anilines is 1. The molecule has 3 aromatic carbocycles. The summed E-state index contributed by atoms with van der Waals surface area (Å²) in [4.78, 5) is 12.7. The Morgan fingerprint density at radius 1 is 0.912 bits per heavy atom. The van der Waals surface area contributed by atoms with Gasteiger partial charge in [-0.25, -0.2) is 8.42 Å². The molecule has 0 bridgehead atoms. The van der Waals surface area contributed by atoms with Gasteiger partial charge in [-0.3, -0.25) is 9.10 Å². The van der Waals surface area contributed by atoms with Crippen molar-refractivity contribution in [3.05, 3.63) is 83.9 Å². The van der Waals surface area contributed by atoms with Crippen LogP contribution in [0, 0.1) is 13.8 Å². The van der Waals surface area contributed by atoms with Gasteiger partial charge in [-0.2, -0.15) is 0 Å². The first kappa shape index (κ1) is 25.1. The van der Waals surface area contributed by atoms with Crippen LogP contribution in [-0.2, 0) is 14.8 Å². The average Bonchev–Trinajstić information content (AvgIpc) is 2.77. The summed E-state index contributed by atoms with van der Waals surface area (Å²) < 4.78 is 37.6. The lowest BCUT2D eigenvalue weighted by Gasteiger charge is -2.28. The van der Waals surface area contributed by atoms with Crippen molar-refractivity contribution in [1.29, 1.82) is 0 Å². The van der Waals surface area contributed by atoms with Crippen molar-refractivity contribution >= 4 is 21.6 Å². The first-order chi connectivity index (χ1) is 16.1. The van der Waals surface area contributed by atoms with E-state index in [1.54, 1.807) is 31.2 Å². The van der Waals surface area contributed by atoms with Crippen molar-refractivity contribution in [3.8, 4) is 17.2 Å². The summed E-state index contributed by atoms with van der Waals surface area (Å²) in [5.41, 5.74) is 2.56. The summed E-state index contributed by atoms with van der Waals surface area (Å²) >= 11 is 0. The molecule has 180 valence electrons. The van der Waals surface area contributed by atoms with Gasteiger partial charge in [-0.1, -0.05) is 24.3 Å². The molecule has 0 heterocycles. The van der Waals surface area contributed by atoms with Crippen LogP contribution in [0.4, 0.5) is 5.69 Å². The number of carbonyl (C=O) groups is 1. The number of benzene rings is 3. The molecule has 0 radical (unpaired) electrons. The standard InChI is InChI=1S/C26H30N2O5S/c1-19-16-20(2)18-25(17-19)32-15-14-27-26(29)21(3)28(34(4,30)31)22-10-12-24(13-11-22)33-23-8-6-5-7-9-23/h5-13,16-18,21H,14-15H2,1-4H3,(H,27,29). The number of carbonyl (C=O) groups excluding carboxylic acids is 1. The molecule has 34 heavy (non-hydrogen) atoms. The number of nitrogens with zero attached hydrogens (tertiary/aromatic N) is 1. The van der Waals surface area contributed by atoms with Gasteiger partial charge in [0.2, 0.25) is 15.9 Å². The molecule has 0 fully saturated rings. The zero-order valence-corrected chi connectivity index (χ0v) is 20.6. The second-order valence-corrected chi connectivity index (χ2v) is 9.97. The SMILES string of the molecule is Cc1cc(C)cc(OCCNC(=O)C(C)N(c2ccc(Oc3ccccc3)cc2)S(C)(=O)=O)c1. The molecule has 0 aliphatic heterocycles. The summed E-state index contributed by atoms with van der Waals surface area (Å²) in [6, 6.07) is 20.8. The van der Waals surface area contributed by atoms with Crippen LogP contribution in [0.15, 0.2) is 72.8 Å². The quantitative estimate of drug-likeness (QED) is 0.432. The molecule has 0 aliphatic carbocycles. The highest BCUT2D eigenvalue weighted by atomic mass is 32.2. The number of ether oxygens (including phenoxy) is 2. The molecule has 0 aliphatic rings. The normalized spacial score (nSPS) is 12.0. The fourth-order valence-electron chi connectivity index (χ4n) is 3.60. The lowest BCUT2D eigenvalue weighted by Crippen LogP contribution is -2.48. The highest BCUT2D eigenvalue weighted by Crippen LogP contribution is 2.27. The van der Waals surface area contributed by atoms with E-state index in [0.29, 0.717) is 17.2 Å². The monoisotopic (exact) mass is 482 g/mol. The third-order valence-corrected chi connectivity index (χ3v) is 6.27. The molecule has 0 saturated heterocycles. The molecule has 0 spiro atoms. The maximum Gasteiger partial charge on any atom is 0.243 e. The first-order valence-corrected chi connectivity index (χ1v) is 12.8. The smallest absolute Gasteiger partial charge is 0.243 e. The van der Waals surface area contributed by atoms with Gasteiger partial charge >= 0.3 is 0 Å². The number of para-hydroxylation sites is 1. The molecule has 8 heteroatoms. The fourth-order valence-corrected chi connectivity index (χ4v) is 4.78. The van der Waals surface area contributed by atoms with E-state index >= 15 is 0 Å². The van der Waals surface area contributed by atoms with E-state index in [1.165, 1.54) is 0 Å². The van der Waals surface area contributed by atoms with Crippen molar-refractivity contribution < 1.29 is 22.7 Å². The Morgan fingerprint density at radius 3 is 2.09 bits per heavy atom. The highest BCUT2D eigenvalue weighted by molar-refractivity contribution is 7.92. The van der Waals surface area contributed by atoms with E-state index in [-0.39, 0.29) is 13.2 Å². The van der Waals surface area contributed by atoms with Gasteiger partial charge < -0.3 is 14.8 Å². The van der Waals surface area contributed by atoms with E-state index in [9.17, 15) is 13.2 Å². The van der Waals surface area contributed by atoms with Gasteiger partial charge in [-0.15, -0.1) is 0 Å². The third-order valence-electron chi connectivity index (χ3n) is 5.02. The van der Waals surface area contributed by atoms with Gasteiger partial charge in [0, 0.05) is 0 Å². The Labute approximate surface area is 201 Å². The minimum atomic E-state index is -3.72. The van der Waals surface area contributed by atoms with Crippen molar-refractivity contribution in [3.63, 3.8) is 0 Å². The van der Waals surface area contributed by atoms with Crippen molar-refractivity contribution in [2.75, 3.05) is 23.7 Å². The highest BCUT2D eigenvalue weighted by Gasteiger charge is 2.29. The summed E-state index contributed by atoms with van der Waals surface area (Å²) in [6.45, 7) is 6.05. The molecule has 7 nitrogen and oxygen atoms in total. The maximum atomic E-state index is 12.7. The summed E-state index contributed by atoms with van der Waals surface area (Å²) in [7, 11) is -3.72. The number of sulfonamides is 1. The van der Waals surface area contributed by atoms with Crippen LogP contribution in [0.1, 0.15) is 18.1 Å². The molecular weight excluding hydrogens is 452 g/mol. The van der Waals surface area contributed by atoms with Gasteiger partial charge in [0.15, 0.2) is 0 Å². The Balaban J connectivity index is 1.62. The summed E-state index contributed by atoms with van der Waals surface area (Å²) in [6.07, 6.45) is 1.08. The van der Waals surface area contributed by atoms with Crippen LogP contribution in [0.5, 0.6) is 17.2 Å². The minimum absolute atomic E-state index is 0.248. The lowest BCUT2D eigenvalue weighted by molar-refractivity contribution is -0.121. The molecule has 0 saturated carbocycles. The van der Waals surface area contributed by atoms with Gasteiger partial charge in [-0.05, 0) is 80.4 Å². The Bertz CT molecular complexity index is 1190.